The van der Waals surface area contributed by atoms with Crippen LogP contribution >= 0.6 is 0 Å². The summed E-state index contributed by atoms with van der Waals surface area (Å²) in [4.78, 5) is 12.2. The Hall–Kier alpha value is -2.17. The van der Waals surface area contributed by atoms with Gasteiger partial charge in [-0.1, -0.05) is 6.07 Å². The molecule has 3 rings (SSSR count). The summed E-state index contributed by atoms with van der Waals surface area (Å²) in [5.74, 6) is -1.38. The van der Waals surface area contributed by atoms with Crippen LogP contribution in [0.4, 0.5) is 8.78 Å². The van der Waals surface area contributed by atoms with E-state index in [1.165, 1.54) is 12.1 Å². The third kappa shape index (κ3) is 2.55. The molecule has 0 unspecified atom stereocenters. The number of carbonyl (C=O) groups excluding carboxylic acids is 1. The highest BCUT2D eigenvalue weighted by Gasteiger charge is 2.41. The van der Waals surface area contributed by atoms with Gasteiger partial charge < -0.3 is 9.88 Å². The summed E-state index contributed by atoms with van der Waals surface area (Å²) >= 11 is 0. The predicted octanol–water partition coefficient (Wildman–Crippen LogP) is 2.90. The maximum atomic E-state index is 13.7. The van der Waals surface area contributed by atoms with Gasteiger partial charge in [-0.25, -0.2) is 8.78 Å². The molecule has 2 atom stereocenters. The molecule has 1 amide bonds. The van der Waals surface area contributed by atoms with E-state index in [4.69, 9.17) is 0 Å². The van der Waals surface area contributed by atoms with Crippen LogP contribution in [0.25, 0.3) is 0 Å². The number of amides is 1. The molecule has 110 valence electrons. The van der Waals surface area contributed by atoms with Crippen molar-refractivity contribution in [3.8, 4) is 0 Å². The average molecular weight is 290 g/mol. The van der Waals surface area contributed by atoms with Gasteiger partial charge in [0.05, 0.1) is 0 Å². The first-order chi connectivity index (χ1) is 9.97. The van der Waals surface area contributed by atoms with Crippen molar-refractivity contribution in [2.45, 2.75) is 25.3 Å². The van der Waals surface area contributed by atoms with Gasteiger partial charge in [-0.05, 0) is 37.1 Å². The van der Waals surface area contributed by atoms with E-state index in [9.17, 15) is 13.6 Å². The number of halogens is 2. The molecule has 1 aromatic carbocycles. The first-order valence-electron chi connectivity index (χ1n) is 6.85. The standard InChI is InChI=1S/C16H16F2N2O/c1-9-3-6-15(20(9)2)16(21)19-14-8-12(14)11-5-4-10(17)7-13(11)18/h3-7,12,14H,8H2,1-2H3,(H,19,21)/t12-,14-/m1/s1. The van der Waals surface area contributed by atoms with Gasteiger partial charge in [0.2, 0.25) is 0 Å². The lowest BCUT2D eigenvalue weighted by atomic mass is 10.1. The van der Waals surface area contributed by atoms with Crippen molar-refractivity contribution in [2.24, 2.45) is 7.05 Å². The number of carbonyl (C=O) groups is 1. The van der Waals surface area contributed by atoms with Gasteiger partial charge in [-0.15, -0.1) is 0 Å². The topological polar surface area (TPSA) is 34.0 Å². The molecule has 1 aliphatic carbocycles. The molecule has 3 nitrogen and oxygen atoms in total. The summed E-state index contributed by atoms with van der Waals surface area (Å²) in [6.07, 6.45) is 0.678. The molecule has 1 N–H and O–H groups in total. The lowest BCUT2D eigenvalue weighted by Gasteiger charge is -2.07. The highest BCUT2D eigenvalue weighted by atomic mass is 19.1. The van der Waals surface area contributed by atoms with Gasteiger partial charge >= 0.3 is 0 Å². The maximum absolute atomic E-state index is 13.7. The third-order valence-corrected chi connectivity index (χ3v) is 4.07. The number of aryl methyl sites for hydroxylation is 1. The van der Waals surface area contributed by atoms with Crippen LogP contribution in [0.2, 0.25) is 0 Å². The van der Waals surface area contributed by atoms with E-state index < -0.39 is 11.6 Å². The molecular weight excluding hydrogens is 274 g/mol. The van der Waals surface area contributed by atoms with E-state index >= 15 is 0 Å². The van der Waals surface area contributed by atoms with Crippen molar-refractivity contribution in [2.75, 3.05) is 0 Å². The molecule has 1 aromatic heterocycles. The first-order valence-corrected chi connectivity index (χ1v) is 6.85. The molecule has 1 saturated carbocycles. The van der Waals surface area contributed by atoms with Gasteiger partial charge in [0.15, 0.2) is 0 Å². The molecule has 0 radical (unpaired) electrons. The van der Waals surface area contributed by atoms with Crippen LogP contribution in [0.15, 0.2) is 30.3 Å². The largest absolute Gasteiger partial charge is 0.347 e. The predicted molar refractivity (Wildman–Crippen MR) is 75.1 cm³/mol. The minimum atomic E-state index is -0.586. The SMILES string of the molecule is Cc1ccc(C(=O)N[C@@H]2C[C@@H]2c2ccc(F)cc2F)n1C. The Morgan fingerprint density at radius 1 is 1.29 bits per heavy atom. The second kappa shape index (κ2) is 4.98. The highest BCUT2D eigenvalue weighted by molar-refractivity contribution is 5.93. The van der Waals surface area contributed by atoms with Crippen molar-refractivity contribution in [1.82, 2.24) is 9.88 Å². The maximum Gasteiger partial charge on any atom is 0.268 e. The van der Waals surface area contributed by atoms with Crippen molar-refractivity contribution >= 4 is 5.91 Å². The van der Waals surface area contributed by atoms with Crippen molar-refractivity contribution in [3.05, 3.63) is 58.9 Å². The molecule has 0 spiro atoms. The van der Waals surface area contributed by atoms with E-state index in [1.807, 2.05) is 24.6 Å². The molecule has 5 heteroatoms. The summed E-state index contributed by atoms with van der Waals surface area (Å²) in [6, 6.07) is 7.13. The quantitative estimate of drug-likeness (QED) is 0.926. The van der Waals surface area contributed by atoms with Gasteiger partial charge in [-0.3, -0.25) is 4.79 Å². The molecular formula is C16H16F2N2O. The van der Waals surface area contributed by atoms with E-state index in [0.29, 0.717) is 17.7 Å². The molecule has 0 aliphatic heterocycles. The van der Waals surface area contributed by atoms with Crippen LogP contribution in [0.3, 0.4) is 0 Å². The minimum Gasteiger partial charge on any atom is -0.347 e. The monoisotopic (exact) mass is 290 g/mol. The van der Waals surface area contributed by atoms with Gasteiger partial charge in [0.1, 0.15) is 17.3 Å². The first kappa shape index (κ1) is 13.8. The van der Waals surface area contributed by atoms with E-state index in [1.54, 1.807) is 6.07 Å². The average Bonchev–Trinajstić information content (AvgIpc) is 3.08. The number of nitrogens with zero attached hydrogens (tertiary/aromatic N) is 1. The molecule has 2 aromatic rings. The fourth-order valence-corrected chi connectivity index (χ4v) is 2.58. The van der Waals surface area contributed by atoms with Crippen LogP contribution < -0.4 is 5.32 Å². The number of benzene rings is 1. The van der Waals surface area contributed by atoms with Crippen LogP contribution in [-0.4, -0.2) is 16.5 Å². The fraction of sp³-hybridized carbons (Fsp3) is 0.312. The summed E-state index contributed by atoms with van der Waals surface area (Å²) in [5, 5.41) is 2.89. The van der Waals surface area contributed by atoms with E-state index in [0.717, 1.165) is 11.8 Å². The third-order valence-electron chi connectivity index (χ3n) is 4.07. The zero-order chi connectivity index (χ0) is 15.1. The lowest BCUT2D eigenvalue weighted by Crippen LogP contribution is -2.28. The lowest BCUT2D eigenvalue weighted by molar-refractivity contribution is 0.0942. The number of hydrogen-bond donors (Lipinski definition) is 1. The van der Waals surface area contributed by atoms with Crippen molar-refractivity contribution < 1.29 is 13.6 Å². The smallest absolute Gasteiger partial charge is 0.268 e. The van der Waals surface area contributed by atoms with Gasteiger partial charge in [-0.2, -0.15) is 0 Å². The second-order valence-corrected chi connectivity index (χ2v) is 5.51. The minimum absolute atomic E-state index is 0.0732. The summed E-state index contributed by atoms with van der Waals surface area (Å²) in [6.45, 7) is 1.92. The van der Waals surface area contributed by atoms with E-state index in [-0.39, 0.29) is 17.9 Å². The zero-order valence-corrected chi connectivity index (χ0v) is 11.9. The number of rotatable bonds is 3. The molecule has 1 aliphatic rings. The molecule has 0 bridgehead atoms. The Balaban J connectivity index is 1.69. The fourth-order valence-electron chi connectivity index (χ4n) is 2.58. The van der Waals surface area contributed by atoms with Crippen LogP contribution in [0, 0.1) is 18.6 Å². The highest BCUT2D eigenvalue weighted by Crippen LogP contribution is 2.42. The molecule has 1 fully saturated rings. The Bertz CT molecular complexity index is 708. The van der Waals surface area contributed by atoms with Gasteiger partial charge in [0.25, 0.3) is 5.91 Å². The summed E-state index contributed by atoms with van der Waals surface area (Å²) in [7, 11) is 1.83. The zero-order valence-electron chi connectivity index (χ0n) is 11.9. The van der Waals surface area contributed by atoms with Gasteiger partial charge in [0, 0.05) is 30.8 Å². The number of nitrogens with one attached hydrogen (secondary N) is 1. The summed E-state index contributed by atoms with van der Waals surface area (Å²) < 4.78 is 28.4. The number of hydrogen-bond acceptors (Lipinski definition) is 1. The Labute approximate surface area is 121 Å². The Morgan fingerprint density at radius 3 is 2.67 bits per heavy atom. The van der Waals surface area contributed by atoms with Crippen LogP contribution in [0.1, 0.15) is 34.1 Å². The number of aromatic nitrogens is 1. The molecule has 21 heavy (non-hydrogen) atoms. The van der Waals surface area contributed by atoms with Crippen LogP contribution in [-0.2, 0) is 7.05 Å². The molecule has 0 saturated heterocycles. The van der Waals surface area contributed by atoms with Crippen LogP contribution in [0.5, 0.6) is 0 Å². The summed E-state index contributed by atoms with van der Waals surface area (Å²) in [5.41, 5.74) is 2.04. The second-order valence-electron chi connectivity index (χ2n) is 5.51. The Morgan fingerprint density at radius 2 is 2.05 bits per heavy atom. The van der Waals surface area contributed by atoms with Crippen molar-refractivity contribution in [1.29, 1.82) is 0 Å². The van der Waals surface area contributed by atoms with E-state index in [2.05, 4.69) is 5.32 Å². The molecule has 1 heterocycles. The normalized spacial score (nSPS) is 20.4. The van der Waals surface area contributed by atoms with Crippen molar-refractivity contribution in [3.63, 3.8) is 0 Å². The Kier molecular flexibility index (Phi) is 3.27.